The molecule has 1 heterocycles. The van der Waals surface area contributed by atoms with Crippen molar-refractivity contribution in [2.24, 2.45) is 0 Å². The zero-order valence-electron chi connectivity index (χ0n) is 15.2. The Labute approximate surface area is 162 Å². The molecule has 134 valence electrons. The lowest BCUT2D eigenvalue weighted by molar-refractivity contribution is 0.102. The number of rotatable bonds is 6. The number of hydrogen-bond donors (Lipinski definition) is 1. The van der Waals surface area contributed by atoms with E-state index < -0.39 is 0 Å². The van der Waals surface area contributed by atoms with E-state index in [-0.39, 0.29) is 5.91 Å². The van der Waals surface area contributed by atoms with E-state index in [9.17, 15) is 4.79 Å². The average molecular weight is 383 g/mol. The summed E-state index contributed by atoms with van der Waals surface area (Å²) in [7, 11) is 0. The molecule has 1 aromatic heterocycles. The van der Waals surface area contributed by atoms with Gasteiger partial charge in [-0.25, -0.2) is 4.98 Å². The Balaban J connectivity index is 1.64. The molecule has 0 aliphatic rings. The summed E-state index contributed by atoms with van der Waals surface area (Å²) in [6, 6.07) is 15.7. The third-order valence-electron chi connectivity index (χ3n) is 4.01. The molecule has 3 rings (SSSR count). The molecule has 0 fully saturated rings. The highest BCUT2D eigenvalue weighted by Gasteiger charge is 2.11. The summed E-state index contributed by atoms with van der Waals surface area (Å²) >= 11 is 3.39. The van der Waals surface area contributed by atoms with E-state index in [4.69, 9.17) is 0 Å². The zero-order valence-corrected chi connectivity index (χ0v) is 16.8. The molecular weight excluding hydrogens is 360 g/mol. The standard InChI is InChI=1S/C21H22N2OS2/c1-14(2)18-6-4-5-7-19(18)23-20(24)17-10-8-16(9-11-17)13-26-21-22-15(3)12-25-21/h4-12,14H,13H2,1-3H3,(H,23,24). The van der Waals surface area contributed by atoms with Crippen LogP contribution in [-0.4, -0.2) is 10.9 Å². The highest BCUT2D eigenvalue weighted by molar-refractivity contribution is 8.00. The van der Waals surface area contributed by atoms with E-state index in [1.807, 2.05) is 49.4 Å². The first-order valence-corrected chi connectivity index (χ1v) is 10.4. The molecule has 0 atom stereocenters. The molecule has 0 aliphatic carbocycles. The Morgan fingerprint density at radius 2 is 1.88 bits per heavy atom. The van der Waals surface area contributed by atoms with Gasteiger partial charge in [0.1, 0.15) is 4.34 Å². The van der Waals surface area contributed by atoms with Gasteiger partial charge in [0, 0.05) is 28.1 Å². The molecule has 0 spiro atoms. The monoisotopic (exact) mass is 382 g/mol. The summed E-state index contributed by atoms with van der Waals surface area (Å²) in [6.45, 7) is 6.26. The van der Waals surface area contributed by atoms with Gasteiger partial charge >= 0.3 is 0 Å². The molecule has 0 saturated heterocycles. The Bertz CT molecular complexity index is 885. The molecular formula is C21H22N2OS2. The summed E-state index contributed by atoms with van der Waals surface area (Å²) in [5, 5.41) is 5.10. The molecule has 2 aromatic carbocycles. The zero-order chi connectivity index (χ0) is 18.5. The molecule has 0 saturated carbocycles. The first kappa shape index (κ1) is 18.7. The van der Waals surface area contributed by atoms with Gasteiger partial charge in [-0.3, -0.25) is 4.79 Å². The molecule has 0 radical (unpaired) electrons. The number of aryl methyl sites for hydroxylation is 1. The number of nitrogens with one attached hydrogen (secondary N) is 1. The van der Waals surface area contributed by atoms with Gasteiger partial charge in [-0.1, -0.05) is 55.9 Å². The number of benzene rings is 2. The fraction of sp³-hybridized carbons (Fsp3) is 0.238. The first-order valence-electron chi connectivity index (χ1n) is 8.57. The smallest absolute Gasteiger partial charge is 0.255 e. The van der Waals surface area contributed by atoms with Gasteiger partial charge < -0.3 is 5.32 Å². The molecule has 0 aliphatic heterocycles. The third kappa shape index (κ3) is 4.74. The van der Waals surface area contributed by atoms with Crippen molar-refractivity contribution in [1.82, 2.24) is 4.98 Å². The quantitative estimate of drug-likeness (QED) is 0.522. The van der Waals surface area contributed by atoms with Crippen molar-refractivity contribution >= 4 is 34.7 Å². The minimum atomic E-state index is -0.0761. The highest BCUT2D eigenvalue weighted by Crippen LogP contribution is 2.27. The minimum absolute atomic E-state index is 0.0761. The fourth-order valence-electron chi connectivity index (χ4n) is 2.60. The molecule has 26 heavy (non-hydrogen) atoms. The van der Waals surface area contributed by atoms with E-state index in [2.05, 4.69) is 35.6 Å². The SMILES string of the molecule is Cc1csc(SCc2ccc(C(=O)Nc3ccccc3C(C)C)cc2)n1. The van der Waals surface area contributed by atoms with E-state index in [0.29, 0.717) is 11.5 Å². The lowest BCUT2D eigenvalue weighted by Gasteiger charge is -2.13. The largest absolute Gasteiger partial charge is 0.322 e. The van der Waals surface area contributed by atoms with E-state index in [0.717, 1.165) is 27.0 Å². The number of nitrogens with zero attached hydrogens (tertiary/aromatic N) is 1. The van der Waals surface area contributed by atoms with Gasteiger partial charge in [-0.15, -0.1) is 11.3 Å². The number of carbonyl (C=O) groups is 1. The second-order valence-electron chi connectivity index (χ2n) is 6.44. The number of carbonyl (C=O) groups excluding carboxylic acids is 1. The summed E-state index contributed by atoms with van der Waals surface area (Å²) in [5.74, 6) is 1.14. The maximum Gasteiger partial charge on any atom is 0.255 e. The predicted molar refractivity (Wildman–Crippen MR) is 111 cm³/mol. The molecule has 5 heteroatoms. The molecule has 3 aromatic rings. The number of thiazole rings is 1. The molecule has 0 unspecified atom stereocenters. The van der Waals surface area contributed by atoms with Crippen molar-refractivity contribution in [2.75, 3.05) is 5.32 Å². The Morgan fingerprint density at radius 3 is 2.54 bits per heavy atom. The number of anilines is 1. The Kier molecular flexibility index (Phi) is 6.12. The summed E-state index contributed by atoms with van der Waals surface area (Å²) in [6.07, 6.45) is 0. The first-order chi connectivity index (χ1) is 12.5. The topological polar surface area (TPSA) is 42.0 Å². The average Bonchev–Trinajstić information content (AvgIpc) is 3.06. The van der Waals surface area contributed by atoms with Crippen LogP contribution in [0.3, 0.4) is 0 Å². The van der Waals surface area contributed by atoms with Crippen molar-refractivity contribution in [3.8, 4) is 0 Å². The molecule has 1 N–H and O–H groups in total. The summed E-state index contributed by atoms with van der Waals surface area (Å²) in [4.78, 5) is 17.0. The van der Waals surface area contributed by atoms with Gasteiger partial charge in [0.2, 0.25) is 0 Å². The summed E-state index contributed by atoms with van der Waals surface area (Å²) in [5.41, 5.74) is 4.94. The Hall–Kier alpha value is -2.11. The van der Waals surface area contributed by atoms with Crippen molar-refractivity contribution < 1.29 is 4.79 Å². The maximum absolute atomic E-state index is 12.6. The number of thioether (sulfide) groups is 1. The summed E-state index contributed by atoms with van der Waals surface area (Å²) < 4.78 is 1.08. The minimum Gasteiger partial charge on any atom is -0.322 e. The van der Waals surface area contributed by atoms with Crippen LogP contribution in [0.2, 0.25) is 0 Å². The second-order valence-corrected chi connectivity index (χ2v) is 8.52. The maximum atomic E-state index is 12.6. The van der Waals surface area contributed by atoms with Gasteiger partial charge in [-0.05, 0) is 42.2 Å². The van der Waals surface area contributed by atoms with Crippen LogP contribution in [0.15, 0.2) is 58.3 Å². The highest BCUT2D eigenvalue weighted by atomic mass is 32.2. The van der Waals surface area contributed by atoms with Crippen LogP contribution in [0.25, 0.3) is 0 Å². The van der Waals surface area contributed by atoms with Crippen LogP contribution < -0.4 is 5.32 Å². The second kappa shape index (κ2) is 8.52. The lowest BCUT2D eigenvalue weighted by atomic mass is 10.0. The van der Waals surface area contributed by atoms with Gasteiger partial charge in [0.25, 0.3) is 5.91 Å². The number of amides is 1. The predicted octanol–water partition coefficient (Wildman–Crippen LogP) is 6.12. The van der Waals surface area contributed by atoms with E-state index in [1.165, 1.54) is 5.56 Å². The molecule has 3 nitrogen and oxygen atoms in total. The van der Waals surface area contributed by atoms with Crippen molar-refractivity contribution in [3.05, 3.63) is 76.3 Å². The number of para-hydroxylation sites is 1. The van der Waals surface area contributed by atoms with Crippen molar-refractivity contribution in [2.45, 2.75) is 36.8 Å². The van der Waals surface area contributed by atoms with Crippen LogP contribution in [0.5, 0.6) is 0 Å². The van der Waals surface area contributed by atoms with Gasteiger partial charge in [0.15, 0.2) is 0 Å². The van der Waals surface area contributed by atoms with Crippen LogP contribution in [0.1, 0.15) is 46.9 Å². The number of hydrogen-bond acceptors (Lipinski definition) is 4. The van der Waals surface area contributed by atoms with Gasteiger partial charge in [0.05, 0.1) is 0 Å². The fourth-order valence-corrected chi connectivity index (χ4v) is 4.41. The Morgan fingerprint density at radius 1 is 1.15 bits per heavy atom. The van der Waals surface area contributed by atoms with Crippen molar-refractivity contribution in [3.63, 3.8) is 0 Å². The normalized spacial score (nSPS) is 10.9. The van der Waals surface area contributed by atoms with E-state index in [1.54, 1.807) is 23.1 Å². The van der Waals surface area contributed by atoms with Crippen LogP contribution in [-0.2, 0) is 5.75 Å². The van der Waals surface area contributed by atoms with Crippen LogP contribution in [0.4, 0.5) is 5.69 Å². The van der Waals surface area contributed by atoms with Crippen molar-refractivity contribution in [1.29, 1.82) is 0 Å². The van der Waals surface area contributed by atoms with Gasteiger partial charge in [-0.2, -0.15) is 0 Å². The third-order valence-corrected chi connectivity index (χ3v) is 6.22. The molecule has 1 amide bonds. The lowest BCUT2D eigenvalue weighted by Crippen LogP contribution is -2.13. The van der Waals surface area contributed by atoms with E-state index >= 15 is 0 Å². The van der Waals surface area contributed by atoms with Crippen LogP contribution in [0, 0.1) is 6.92 Å². The number of aromatic nitrogens is 1. The van der Waals surface area contributed by atoms with Crippen LogP contribution >= 0.6 is 23.1 Å². The molecule has 0 bridgehead atoms.